The van der Waals surface area contributed by atoms with Gasteiger partial charge in [-0.15, -0.1) is 6.58 Å². The maximum Gasteiger partial charge on any atom is 0.309 e. The first-order chi connectivity index (χ1) is 11.7. The Bertz CT molecular complexity index is 342. The largest absolute Gasteiger partial charge is 0.466 e. The molecule has 0 aromatic rings. The van der Waals surface area contributed by atoms with E-state index in [2.05, 4.69) is 6.58 Å². The van der Waals surface area contributed by atoms with Gasteiger partial charge in [-0.2, -0.15) is 0 Å². The van der Waals surface area contributed by atoms with Gasteiger partial charge in [0.2, 0.25) is 0 Å². The summed E-state index contributed by atoms with van der Waals surface area (Å²) >= 11 is 0. The topological polar surface area (TPSA) is 93.1 Å². The Hall–Kier alpha value is -1.40. The molecule has 0 aliphatic heterocycles. The van der Waals surface area contributed by atoms with Crippen LogP contribution in [0, 0.1) is 5.92 Å². The Morgan fingerprint density at radius 3 is 2.17 bits per heavy atom. The summed E-state index contributed by atoms with van der Waals surface area (Å²) in [5.41, 5.74) is 0. The number of hydrogen-bond acceptors (Lipinski definition) is 6. The summed E-state index contributed by atoms with van der Waals surface area (Å²) in [6.07, 6.45) is 8.23. The summed E-state index contributed by atoms with van der Waals surface area (Å²) < 4.78 is 10.1. The highest BCUT2D eigenvalue weighted by molar-refractivity contribution is 5.79. The van der Waals surface area contributed by atoms with Crippen molar-refractivity contribution in [1.82, 2.24) is 0 Å². The zero-order valence-electron chi connectivity index (χ0n) is 14.6. The minimum absolute atomic E-state index is 0.00392. The van der Waals surface area contributed by atoms with Crippen molar-refractivity contribution in [3.05, 3.63) is 12.7 Å². The van der Waals surface area contributed by atoms with Crippen LogP contribution in [0.25, 0.3) is 0 Å². The average Bonchev–Trinajstić information content (AvgIpc) is 2.57. The monoisotopic (exact) mass is 344 g/mol. The lowest BCUT2D eigenvalue weighted by atomic mass is 9.97. The van der Waals surface area contributed by atoms with Gasteiger partial charge in [0.15, 0.2) is 0 Å². The molecule has 1 atom stereocenters. The Labute approximate surface area is 144 Å². The van der Waals surface area contributed by atoms with Gasteiger partial charge in [-0.05, 0) is 19.3 Å². The lowest BCUT2D eigenvalue weighted by Crippen LogP contribution is -2.23. The smallest absolute Gasteiger partial charge is 0.309 e. The third-order valence-corrected chi connectivity index (χ3v) is 3.57. The minimum Gasteiger partial charge on any atom is -0.466 e. The lowest BCUT2D eigenvalue weighted by molar-refractivity contribution is -0.155. The third kappa shape index (κ3) is 13.1. The maximum atomic E-state index is 12.1. The molecule has 0 spiro atoms. The summed E-state index contributed by atoms with van der Waals surface area (Å²) in [7, 11) is 0. The average molecular weight is 344 g/mol. The SMILES string of the molecule is C=CCCCCCCC(CC(=O)OCCCO)C(=O)OCCCO. The van der Waals surface area contributed by atoms with Gasteiger partial charge in [-0.3, -0.25) is 9.59 Å². The van der Waals surface area contributed by atoms with Crippen LogP contribution in [0.3, 0.4) is 0 Å². The molecule has 0 aromatic carbocycles. The number of allylic oxidation sites excluding steroid dienone is 1. The first-order valence-electron chi connectivity index (χ1n) is 8.80. The van der Waals surface area contributed by atoms with Crippen LogP contribution in [0.4, 0.5) is 0 Å². The van der Waals surface area contributed by atoms with E-state index in [0.29, 0.717) is 19.3 Å². The van der Waals surface area contributed by atoms with E-state index in [4.69, 9.17) is 19.7 Å². The number of carbonyl (C=O) groups excluding carboxylic acids is 2. The molecule has 140 valence electrons. The molecule has 6 heteroatoms. The van der Waals surface area contributed by atoms with Gasteiger partial charge in [0, 0.05) is 26.1 Å². The molecule has 0 saturated heterocycles. The molecule has 2 N–H and O–H groups in total. The second-order valence-corrected chi connectivity index (χ2v) is 5.72. The Morgan fingerprint density at radius 2 is 1.54 bits per heavy atom. The molecule has 0 fully saturated rings. The molecule has 0 aromatic heterocycles. The highest BCUT2D eigenvalue weighted by Crippen LogP contribution is 2.18. The van der Waals surface area contributed by atoms with Gasteiger partial charge in [-0.25, -0.2) is 0 Å². The Balaban J connectivity index is 4.23. The van der Waals surface area contributed by atoms with Crippen LogP contribution in [-0.4, -0.2) is 48.6 Å². The third-order valence-electron chi connectivity index (χ3n) is 3.57. The molecule has 0 amide bonds. The number of ether oxygens (including phenoxy) is 2. The molecular weight excluding hydrogens is 312 g/mol. The van der Waals surface area contributed by atoms with Crippen molar-refractivity contribution >= 4 is 11.9 Å². The normalized spacial score (nSPS) is 11.8. The van der Waals surface area contributed by atoms with Crippen LogP contribution in [0.5, 0.6) is 0 Å². The predicted molar refractivity (Wildman–Crippen MR) is 91.3 cm³/mol. The van der Waals surface area contributed by atoms with E-state index in [1.807, 2.05) is 6.08 Å². The summed E-state index contributed by atoms with van der Waals surface area (Å²) in [4.78, 5) is 23.9. The number of hydrogen-bond donors (Lipinski definition) is 2. The van der Waals surface area contributed by atoms with Crippen molar-refractivity contribution in [2.45, 2.75) is 57.8 Å². The molecule has 0 heterocycles. The fourth-order valence-corrected chi connectivity index (χ4v) is 2.20. The molecule has 0 radical (unpaired) electrons. The summed E-state index contributed by atoms with van der Waals surface area (Å²) in [6.45, 7) is 3.92. The standard InChI is InChI=1S/C18H32O6/c1-2-3-4-5-6-7-10-16(18(22)24-14-9-12-20)15-17(21)23-13-8-11-19/h2,16,19-20H,1,3-15H2. The zero-order chi connectivity index (χ0) is 18.0. The van der Waals surface area contributed by atoms with Gasteiger partial charge >= 0.3 is 11.9 Å². The van der Waals surface area contributed by atoms with Crippen molar-refractivity contribution in [3.8, 4) is 0 Å². The van der Waals surface area contributed by atoms with Gasteiger partial charge in [0.1, 0.15) is 0 Å². The number of aliphatic hydroxyl groups excluding tert-OH is 2. The summed E-state index contributed by atoms with van der Waals surface area (Å²) in [5, 5.41) is 17.4. The van der Waals surface area contributed by atoms with Crippen LogP contribution in [-0.2, 0) is 19.1 Å². The molecule has 24 heavy (non-hydrogen) atoms. The molecule has 0 aliphatic rings. The maximum absolute atomic E-state index is 12.1. The van der Waals surface area contributed by atoms with Crippen LogP contribution in [0.15, 0.2) is 12.7 Å². The molecule has 0 bridgehead atoms. The number of aliphatic hydroxyl groups is 2. The van der Waals surface area contributed by atoms with Gasteiger partial charge in [0.25, 0.3) is 0 Å². The number of unbranched alkanes of at least 4 members (excludes halogenated alkanes) is 4. The Kier molecular flexibility index (Phi) is 15.5. The number of rotatable bonds is 16. The second kappa shape index (κ2) is 16.5. The number of carbonyl (C=O) groups is 2. The number of esters is 2. The van der Waals surface area contributed by atoms with Gasteiger partial charge in [-0.1, -0.05) is 25.3 Å². The van der Waals surface area contributed by atoms with Crippen molar-refractivity contribution in [2.75, 3.05) is 26.4 Å². The molecular formula is C18H32O6. The van der Waals surface area contributed by atoms with Crippen molar-refractivity contribution in [3.63, 3.8) is 0 Å². The van der Waals surface area contributed by atoms with Crippen molar-refractivity contribution < 1.29 is 29.3 Å². The zero-order valence-corrected chi connectivity index (χ0v) is 14.6. The lowest BCUT2D eigenvalue weighted by Gasteiger charge is -2.15. The van der Waals surface area contributed by atoms with Crippen LogP contribution in [0.2, 0.25) is 0 Å². The summed E-state index contributed by atoms with van der Waals surface area (Å²) in [6, 6.07) is 0. The van der Waals surface area contributed by atoms with Gasteiger partial charge < -0.3 is 19.7 Å². The fraction of sp³-hybridized carbons (Fsp3) is 0.778. The predicted octanol–water partition coefficient (Wildman–Crippen LogP) is 2.37. The second-order valence-electron chi connectivity index (χ2n) is 5.72. The molecule has 0 rings (SSSR count). The van der Waals surface area contributed by atoms with E-state index in [-0.39, 0.29) is 32.8 Å². The van der Waals surface area contributed by atoms with E-state index in [9.17, 15) is 9.59 Å². The van der Waals surface area contributed by atoms with E-state index < -0.39 is 17.9 Å². The van der Waals surface area contributed by atoms with Crippen LogP contribution < -0.4 is 0 Å². The van der Waals surface area contributed by atoms with Crippen molar-refractivity contribution in [2.24, 2.45) is 5.92 Å². The molecule has 6 nitrogen and oxygen atoms in total. The van der Waals surface area contributed by atoms with Crippen LogP contribution >= 0.6 is 0 Å². The van der Waals surface area contributed by atoms with Crippen molar-refractivity contribution in [1.29, 1.82) is 0 Å². The summed E-state index contributed by atoms with van der Waals surface area (Å²) in [5.74, 6) is -1.36. The van der Waals surface area contributed by atoms with Gasteiger partial charge in [0.05, 0.1) is 25.6 Å². The molecule has 0 aliphatic carbocycles. The van der Waals surface area contributed by atoms with Crippen LogP contribution in [0.1, 0.15) is 57.8 Å². The fourth-order valence-electron chi connectivity index (χ4n) is 2.20. The Morgan fingerprint density at radius 1 is 0.917 bits per heavy atom. The van der Waals surface area contributed by atoms with E-state index in [0.717, 1.165) is 32.1 Å². The van der Waals surface area contributed by atoms with E-state index in [1.165, 1.54) is 0 Å². The molecule has 0 saturated carbocycles. The highest BCUT2D eigenvalue weighted by atomic mass is 16.5. The quantitative estimate of drug-likeness (QED) is 0.254. The van der Waals surface area contributed by atoms with E-state index in [1.54, 1.807) is 0 Å². The van der Waals surface area contributed by atoms with E-state index >= 15 is 0 Å². The minimum atomic E-state index is -0.510. The highest BCUT2D eigenvalue weighted by Gasteiger charge is 2.23. The first kappa shape index (κ1) is 22.6. The molecule has 1 unspecified atom stereocenters. The first-order valence-corrected chi connectivity index (χ1v) is 8.80.